The van der Waals surface area contributed by atoms with Crippen LogP contribution in [0, 0.1) is 0 Å². The van der Waals surface area contributed by atoms with Crippen molar-refractivity contribution < 1.29 is 4.79 Å². The Balaban J connectivity index is 1.67. The van der Waals surface area contributed by atoms with Crippen LogP contribution >= 0.6 is 0 Å². The van der Waals surface area contributed by atoms with E-state index in [4.69, 9.17) is 0 Å². The monoisotopic (exact) mass is 269 g/mol. The number of para-hydroxylation sites is 1. The molecule has 0 unspecified atom stereocenters. The zero-order valence-corrected chi connectivity index (χ0v) is 11.6. The fourth-order valence-corrected chi connectivity index (χ4v) is 2.56. The number of hydrogen-bond acceptors (Lipinski definition) is 2. The molecule has 1 aromatic heterocycles. The fraction of sp³-hybridized carbons (Fsp3) is 0.312. The van der Waals surface area contributed by atoms with Crippen molar-refractivity contribution in [2.45, 2.75) is 12.8 Å². The number of benzene rings is 1. The average Bonchev–Trinajstić information content (AvgIpc) is 2.85. The van der Waals surface area contributed by atoms with Crippen molar-refractivity contribution in [1.82, 2.24) is 15.2 Å². The Morgan fingerprint density at radius 3 is 3.05 bits per heavy atom. The first kappa shape index (κ1) is 12.9. The minimum Gasteiger partial charge on any atom is -0.361 e. The molecule has 104 valence electrons. The van der Waals surface area contributed by atoms with Gasteiger partial charge in [0.05, 0.1) is 6.42 Å². The Hall–Kier alpha value is -2.07. The lowest BCUT2D eigenvalue weighted by Gasteiger charge is -2.22. The molecule has 4 heteroatoms. The molecular weight excluding hydrogens is 250 g/mol. The van der Waals surface area contributed by atoms with E-state index >= 15 is 0 Å². The van der Waals surface area contributed by atoms with Crippen LogP contribution in [0.5, 0.6) is 0 Å². The van der Waals surface area contributed by atoms with E-state index in [1.807, 2.05) is 30.5 Å². The number of carbonyl (C=O) groups excluding carboxylic acids is 1. The van der Waals surface area contributed by atoms with E-state index in [9.17, 15) is 4.79 Å². The Morgan fingerprint density at radius 2 is 2.25 bits per heavy atom. The number of aromatic amines is 1. The highest BCUT2D eigenvalue weighted by Crippen LogP contribution is 2.18. The van der Waals surface area contributed by atoms with Gasteiger partial charge in [0.25, 0.3) is 0 Å². The first-order chi connectivity index (χ1) is 9.72. The number of H-pyrrole nitrogens is 1. The fourth-order valence-electron chi connectivity index (χ4n) is 2.56. The number of fused-ring (bicyclic) bond motifs is 1. The molecule has 0 bridgehead atoms. The summed E-state index contributed by atoms with van der Waals surface area (Å²) in [5, 5.41) is 4.15. The zero-order valence-electron chi connectivity index (χ0n) is 11.6. The van der Waals surface area contributed by atoms with Gasteiger partial charge in [-0.25, -0.2) is 0 Å². The minimum absolute atomic E-state index is 0.0607. The highest BCUT2D eigenvalue weighted by atomic mass is 16.1. The lowest BCUT2D eigenvalue weighted by atomic mass is 10.1. The molecule has 0 saturated heterocycles. The summed E-state index contributed by atoms with van der Waals surface area (Å²) in [4.78, 5) is 17.6. The first-order valence-electron chi connectivity index (χ1n) is 6.95. The van der Waals surface area contributed by atoms with Crippen LogP contribution in [-0.4, -0.2) is 35.9 Å². The third kappa shape index (κ3) is 2.75. The Labute approximate surface area is 118 Å². The predicted octanol–water partition coefficient (Wildman–Crippen LogP) is 2.05. The largest absolute Gasteiger partial charge is 0.361 e. The molecule has 0 fully saturated rings. The smallest absolute Gasteiger partial charge is 0.228 e. The second-order valence-electron chi connectivity index (χ2n) is 5.33. The highest BCUT2D eigenvalue weighted by Gasteiger charge is 2.12. The molecule has 1 aliphatic heterocycles. The summed E-state index contributed by atoms with van der Waals surface area (Å²) in [7, 11) is 2.08. The lowest BCUT2D eigenvalue weighted by molar-refractivity contribution is -0.119. The normalized spacial score (nSPS) is 16.1. The van der Waals surface area contributed by atoms with Gasteiger partial charge in [-0.05, 0) is 18.7 Å². The van der Waals surface area contributed by atoms with Crippen molar-refractivity contribution in [3.8, 4) is 0 Å². The topological polar surface area (TPSA) is 48.1 Å². The van der Waals surface area contributed by atoms with Crippen LogP contribution in [0.15, 0.2) is 42.2 Å². The van der Waals surface area contributed by atoms with E-state index in [1.54, 1.807) is 0 Å². The van der Waals surface area contributed by atoms with Crippen molar-refractivity contribution in [2.75, 3.05) is 20.1 Å². The maximum Gasteiger partial charge on any atom is 0.228 e. The predicted molar refractivity (Wildman–Crippen MR) is 80.3 cm³/mol. The van der Waals surface area contributed by atoms with Gasteiger partial charge < -0.3 is 15.2 Å². The van der Waals surface area contributed by atoms with E-state index in [2.05, 4.69) is 28.3 Å². The molecule has 1 amide bonds. The summed E-state index contributed by atoms with van der Waals surface area (Å²) in [6, 6.07) is 8.06. The second-order valence-corrected chi connectivity index (χ2v) is 5.33. The molecule has 2 N–H and O–H groups in total. The molecule has 0 aliphatic carbocycles. The maximum atomic E-state index is 12.1. The molecular formula is C16H19N3O. The number of aromatic nitrogens is 1. The van der Waals surface area contributed by atoms with Crippen molar-refractivity contribution >= 4 is 16.8 Å². The quantitative estimate of drug-likeness (QED) is 0.896. The third-order valence-electron chi connectivity index (χ3n) is 3.74. The molecule has 1 aliphatic rings. The molecule has 1 aromatic carbocycles. The van der Waals surface area contributed by atoms with Gasteiger partial charge in [0.2, 0.25) is 5.91 Å². The lowest BCUT2D eigenvalue weighted by Crippen LogP contribution is -2.32. The molecule has 0 atom stereocenters. The maximum absolute atomic E-state index is 12.1. The highest BCUT2D eigenvalue weighted by molar-refractivity contribution is 5.89. The summed E-state index contributed by atoms with van der Waals surface area (Å²) in [5.41, 5.74) is 3.17. The summed E-state index contributed by atoms with van der Waals surface area (Å²) in [6.45, 7) is 1.90. The van der Waals surface area contributed by atoms with Crippen LogP contribution in [-0.2, 0) is 11.2 Å². The van der Waals surface area contributed by atoms with Crippen LogP contribution in [0.1, 0.15) is 12.0 Å². The summed E-state index contributed by atoms with van der Waals surface area (Å²) < 4.78 is 0. The standard InChI is InChI=1S/C16H19N3O/c1-19-8-6-13(7-9-19)18-16(20)10-12-11-17-15-5-3-2-4-14(12)15/h2-6,11,17H,7-10H2,1H3,(H,18,20). The van der Waals surface area contributed by atoms with Crippen molar-refractivity contribution in [3.05, 3.63) is 47.8 Å². The SMILES string of the molecule is CN1CC=C(NC(=O)Cc2c[nH]c3ccccc23)CC1. The first-order valence-corrected chi connectivity index (χ1v) is 6.95. The molecule has 0 saturated carbocycles. The Kier molecular flexibility index (Phi) is 3.56. The molecule has 4 nitrogen and oxygen atoms in total. The van der Waals surface area contributed by atoms with E-state index in [0.717, 1.165) is 41.7 Å². The zero-order chi connectivity index (χ0) is 13.9. The number of amides is 1. The molecule has 0 spiro atoms. The van der Waals surface area contributed by atoms with E-state index in [1.165, 1.54) is 0 Å². The van der Waals surface area contributed by atoms with Crippen LogP contribution in [0.25, 0.3) is 10.9 Å². The molecule has 20 heavy (non-hydrogen) atoms. The van der Waals surface area contributed by atoms with Gasteiger partial charge in [-0.1, -0.05) is 24.3 Å². The van der Waals surface area contributed by atoms with Crippen LogP contribution in [0.4, 0.5) is 0 Å². The van der Waals surface area contributed by atoms with E-state index in [-0.39, 0.29) is 5.91 Å². The van der Waals surface area contributed by atoms with Crippen LogP contribution in [0.2, 0.25) is 0 Å². The third-order valence-corrected chi connectivity index (χ3v) is 3.74. The van der Waals surface area contributed by atoms with Crippen molar-refractivity contribution in [3.63, 3.8) is 0 Å². The number of carbonyl (C=O) groups is 1. The molecule has 2 heterocycles. The number of nitrogens with zero attached hydrogens (tertiary/aromatic N) is 1. The summed E-state index contributed by atoms with van der Waals surface area (Å²) in [6.07, 6.45) is 5.34. The van der Waals surface area contributed by atoms with Gasteiger partial charge in [0, 0.05) is 42.3 Å². The van der Waals surface area contributed by atoms with Gasteiger partial charge in [0.1, 0.15) is 0 Å². The summed E-state index contributed by atoms with van der Waals surface area (Å²) >= 11 is 0. The molecule has 0 radical (unpaired) electrons. The Bertz CT molecular complexity index is 657. The van der Waals surface area contributed by atoms with Gasteiger partial charge in [-0.2, -0.15) is 0 Å². The number of hydrogen-bond donors (Lipinski definition) is 2. The van der Waals surface area contributed by atoms with Crippen LogP contribution in [0.3, 0.4) is 0 Å². The number of likely N-dealkylation sites (N-methyl/N-ethyl adjacent to an activating group) is 1. The van der Waals surface area contributed by atoms with Gasteiger partial charge in [-0.15, -0.1) is 0 Å². The van der Waals surface area contributed by atoms with Crippen molar-refractivity contribution in [1.29, 1.82) is 0 Å². The van der Waals surface area contributed by atoms with E-state index in [0.29, 0.717) is 6.42 Å². The van der Waals surface area contributed by atoms with Gasteiger partial charge in [0.15, 0.2) is 0 Å². The number of rotatable bonds is 3. The van der Waals surface area contributed by atoms with Crippen molar-refractivity contribution in [2.24, 2.45) is 0 Å². The number of nitrogens with one attached hydrogen (secondary N) is 2. The average molecular weight is 269 g/mol. The van der Waals surface area contributed by atoms with Gasteiger partial charge in [-0.3, -0.25) is 4.79 Å². The van der Waals surface area contributed by atoms with Crippen LogP contribution < -0.4 is 5.32 Å². The minimum atomic E-state index is 0.0607. The Morgan fingerprint density at radius 1 is 1.40 bits per heavy atom. The van der Waals surface area contributed by atoms with E-state index < -0.39 is 0 Å². The summed E-state index contributed by atoms with van der Waals surface area (Å²) in [5.74, 6) is 0.0607. The second kappa shape index (κ2) is 5.51. The van der Waals surface area contributed by atoms with Gasteiger partial charge >= 0.3 is 0 Å². The molecule has 3 rings (SSSR count). The molecule has 2 aromatic rings.